The molecule has 0 aromatic heterocycles. The van der Waals surface area contributed by atoms with Crippen LogP contribution in [0.25, 0.3) is 0 Å². The van der Waals surface area contributed by atoms with Crippen LogP contribution < -0.4 is 10.2 Å². The number of aryl methyl sites for hydroxylation is 1. The first-order valence-electron chi connectivity index (χ1n) is 6.98. The first kappa shape index (κ1) is 14.9. The molecule has 0 atom stereocenters. The number of anilines is 1. The van der Waals surface area contributed by atoms with E-state index < -0.39 is 0 Å². The lowest BCUT2D eigenvalue weighted by atomic mass is 10.0. The maximum absolute atomic E-state index is 12.0. The summed E-state index contributed by atoms with van der Waals surface area (Å²) in [7, 11) is 0. The lowest BCUT2D eigenvalue weighted by molar-refractivity contribution is -0.121. The lowest BCUT2D eigenvalue weighted by Gasteiger charge is -2.29. The van der Waals surface area contributed by atoms with Gasteiger partial charge in [0.15, 0.2) is 0 Å². The molecule has 1 N–H and O–H groups in total. The van der Waals surface area contributed by atoms with Crippen LogP contribution in [0.15, 0.2) is 24.3 Å². The topological polar surface area (TPSA) is 49.4 Å². The molecule has 0 spiro atoms. The highest BCUT2D eigenvalue weighted by Crippen LogP contribution is 2.27. The van der Waals surface area contributed by atoms with Crippen molar-refractivity contribution in [2.45, 2.75) is 25.7 Å². The van der Waals surface area contributed by atoms with Crippen molar-refractivity contribution in [3.8, 4) is 0 Å². The van der Waals surface area contributed by atoms with Crippen LogP contribution in [0.3, 0.4) is 0 Å². The minimum atomic E-state index is 0.0248. The molecule has 0 aliphatic carbocycles. The second-order valence-corrected chi connectivity index (χ2v) is 5.30. The van der Waals surface area contributed by atoms with Crippen LogP contribution in [-0.4, -0.2) is 30.7 Å². The molecule has 2 amide bonds. The summed E-state index contributed by atoms with van der Waals surface area (Å²) in [4.78, 5) is 25.4. The van der Waals surface area contributed by atoms with Crippen molar-refractivity contribution in [1.29, 1.82) is 0 Å². The van der Waals surface area contributed by atoms with E-state index in [2.05, 4.69) is 24.0 Å². The van der Waals surface area contributed by atoms with Crippen LogP contribution in [0.4, 0.5) is 5.69 Å². The summed E-state index contributed by atoms with van der Waals surface area (Å²) in [6.07, 6.45) is 2.50. The van der Waals surface area contributed by atoms with Crippen molar-refractivity contribution in [2.24, 2.45) is 0 Å². The minimum absolute atomic E-state index is 0.0248. The average molecular weight is 292 g/mol. The molecular weight excluding hydrogens is 272 g/mol. The van der Waals surface area contributed by atoms with Gasteiger partial charge in [-0.25, -0.2) is 0 Å². The number of rotatable bonds is 6. The van der Waals surface area contributed by atoms with Crippen molar-refractivity contribution >= 4 is 30.1 Å². The number of benzene rings is 1. The van der Waals surface area contributed by atoms with Gasteiger partial charge in [-0.1, -0.05) is 18.2 Å². The number of amides is 2. The number of hydrogen-bond donors (Lipinski definition) is 2. The minimum Gasteiger partial charge on any atom is -0.355 e. The molecule has 1 aromatic carbocycles. The molecule has 0 saturated carbocycles. The Labute approximate surface area is 124 Å². The summed E-state index contributed by atoms with van der Waals surface area (Å²) in [5.74, 6) is 0.820. The Kier molecular flexibility index (Phi) is 5.47. The van der Waals surface area contributed by atoms with Gasteiger partial charge in [0, 0.05) is 37.4 Å². The number of fused-ring (bicyclic) bond motifs is 1. The molecule has 1 aliphatic heterocycles. The van der Waals surface area contributed by atoms with Gasteiger partial charge in [0.1, 0.15) is 0 Å². The first-order chi connectivity index (χ1) is 9.72. The largest absolute Gasteiger partial charge is 0.355 e. The van der Waals surface area contributed by atoms with E-state index in [1.165, 1.54) is 5.56 Å². The molecule has 0 fully saturated rings. The Morgan fingerprint density at radius 3 is 2.90 bits per heavy atom. The van der Waals surface area contributed by atoms with Crippen molar-refractivity contribution in [3.05, 3.63) is 29.8 Å². The number of carbonyl (C=O) groups is 2. The van der Waals surface area contributed by atoms with Gasteiger partial charge >= 0.3 is 0 Å². The van der Waals surface area contributed by atoms with Gasteiger partial charge in [-0.2, -0.15) is 12.6 Å². The van der Waals surface area contributed by atoms with Crippen molar-refractivity contribution in [2.75, 3.05) is 23.7 Å². The maximum atomic E-state index is 12.0. The van der Waals surface area contributed by atoms with Gasteiger partial charge in [-0.15, -0.1) is 0 Å². The molecule has 1 aromatic rings. The van der Waals surface area contributed by atoms with E-state index in [1.807, 2.05) is 23.1 Å². The van der Waals surface area contributed by atoms with Crippen LogP contribution in [0.5, 0.6) is 0 Å². The predicted molar refractivity (Wildman–Crippen MR) is 83.2 cm³/mol. The third kappa shape index (κ3) is 3.76. The highest BCUT2D eigenvalue weighted by atomic mass is 32.1. The van der Waals surface area contributed by atoms with Crippen molar-refractivity contribution in [3.63, 3.8) is 0 Å². The van der Waals surface area contributed by atoms with Crippen LogP contribution in [0.1, 0.15) is 24.8 Å². The van der Waals surface area contributed by atoms with Gasteiger partial charge in [0.25, 0.3) is 0 Å². The van der Waals surface area contributed by atoms with Gasteiger partial charge in [-0.05, 0) is 24.5 Å². The summed E-state index contributed by atoms with van der Waals surface area (Å²) in [5, 5.41) is 2.78. The zero-order chi connectivity index (χ0) is 14.4. The van der Waals surface area contributed by atoms with Gasteiger partial charge in [0.05, 0.1) is 0 Å². The normalized spacial score (nSPS) is 14.1. The summed E-state index contributed by atoms with van der Waals surface area (Å²) in [6, 6.07) is 7.99. The molecular formula is C15H20N2O2S. The standard InChI is InChI=1S/C15H20N2O2S/c18-14(16-9-11-20)6-3-10-17-13-5-2-1-4-12(13)7-8-15(17)19/h1-2,4-5,20H,3,6-11H2,(H,16,18). The highest BCUT2D eigenvalue weighted by molar-refractivity contribution is 7.80. The number of hydrogen-bond acceptors (Lipinski definition) is 3. The molecule has 0 radical (unpaired) electrons. The monoisotopic (exact) mass is 292 g/mol. The van der Waals surface area contributed by atoms with E-state index >= 15 is 0 Å². The number of thiol groups is 1. The maximum Gasteiger partial charge on any atom is 0.227 e. The quantitative estimate of drug-likeness (QED) is 0.785. The summed E-state index contributed by atoms with van der Waals surface area (Å²) < 4.78 is 0. The zero-order valence-electron chi connectivity index (χ0n) is 11.5. The third-order valence-corrected chi connectivity index (χ3v) is 3.63. The molecule has 0 unspecified atom stereocenters. The molecule has 108 valence electrons. The Morgan fingerprint density at radius 1 is 1.30 bits per heavy atom. The molecule has 0 saturated heterocycles. The fraction of sp³-hybridized carbons (Fsp3) is 0.467. The second-order valence-electron chi connectivity index (χ2n) is 4.85. The fourth-order valence-electron chi connectivity index (χ4n) is 2.42. The van der Waals surface area contributed by atoms with E-state index in [0.29, 0.717) is 38.1 Å². The number of nitrogens with zero attached hydrogens (tertiary/aromatic N) is 1. The highest BCUT2D eigenvalue weighted by Gasteiger charge is 2.23. The fourth-order valence-corrected chi connectivity index (χ4v) is 2.53. The molecule has 5 heteroatoms. The Morgan fingerprint density at radius 2 is 2.10 bits per heavy atom. The van der Waals surface area contributed by atoms with Crippen LogP contribution >= 0.6 is 12.6 Å². The van der Waals surface area contributed by atoms with Crippen LogP contribution in [0, 0.1) is 0 Å². The number of para-hydroxylation sites is 1. The zero-order valence-corrected chi connectivity index (χ0v) is 12.4. The lowest BCUT2D eigenvalue weighted by Crippen LogP contribution is -2.36. The summed E-state index contributed by atoms with van der Waals surface area (Å²) >= 11 is 4.04. The summed E-state index contributed by atoms with van der Waals surface area (Å²) in [6.45, 7) is 1.19. The van der Waals surface area contributed by atoms with E-state index in [4.69, 9.17) is 0 Å². The average Bonchev–Trinajstić information content (AvgIpc) is 2.47. The number of carbonyl (C=O) groups excluding carboxylic acids is 2. The second kappa shape index (κ2) is 7.33. The molecule has 1 aliphatic rings. The van der Waals surface area contributed by atoms with Crippen LogP contribution in [-0.2, 0) is 16.0 Å². The first-order valence-corrected chi connectivity index (χ1v) is 7.61. The van der Waals surface area contributed by atoms with E-state index in [0.717, 1.165) is 12.1 Å². The van der Waals surface area contributed by atoms with E-state index in [1.54, 1.807) is 0 Å². The Balaban J connectivity index is 1.89. The molecule has 4 nitrogen and oxygen atoms in total. The van der Waals surface area contributed by atoms with Crippen molar-refractivity contribution < 1.29 is 9.59 Å². The summed E-state index contributed by atoms with van der Waals surface area (Å²) in [5.41, 5.74) is 2.21. The molecule has 1 heterocycles. The van der Waals surface area contributed by atoms with Crippen LogP contribution in [0.2, 0.25) is 0 Å². The van der Waals surface area contributed by atoms with Gasteiger partial charge < -0.3 is 10.2 Å². The Hall–Kier alpha value is -1.49. The third-order valence-electron chi connectivity index (χ3n) is 3.41. The van der Waals surface area contributed by atoms with E-state index in [-0.39, 0.29) is 11.8 Å². The molecule has 0 bridgehead atoms. The van der Waals surface area contributed by atoms with Gasteiger partial charge in [0.2, 0.25) is 11.8 Å². The Bertz CT molecular complexity index is 491. The van der Waals surface area contributed by atoms with Gasteiger partial charge in [-0.3, -0.25) is 9.59 Å². The van der Waals surface area contributed by atoms with Crippen molar-refractivity contribution in [1.82, 2.24) is 5.32 Å². The SMILES string of the molecule is O=C(CCCN1C(=O)CCc2ccccc21)NCCS. The predicted octanol–water partition coefficient (Wildman–Crippen LogP) is 1.79. The smallest absolute Gasteiger partial charge is 0.227 e. The van der Waals surface area contributed by atoms with E-state index in [9.17, 15) is 9.59 Å². The molecule has 2 rings (SSSR count). The number of nitrogens with one attached hydrogen (secondary N) is 1. The molecule has 20 heavy (non-hydrogen) atoms.